The Morgan fingerprint density at radius 1 is 1.38 bits per heavy atom. The van der Waals surface area contributed by atoms with Crippen molar-refractivity contribution in [2.24, 2.45) is 5.92 Å². The minimum atomic E-state index is -0.128. The molecule has 118 valence electrons. The summed E-state index contributed by atoms with van der Waals surface area (Å²) in [7, 11) is 0. The van der Waals surface area contributed by atoms with Crippen LogP contribution >= 0.6 is 11.6 Å². The molecule has 0 radical (unpaired) electrons. The first-order valence-electron chi connectivity index (χ1n) is 7.43. The van der Waals surface area contributed by atoms with Crippen LogP contribution in [0.1, 0.15) is 32.2 Å². The molecule has 0 spiro atoms. The van der Waals surface area contributed by atoms with E-state index in [2.05, 4.69) is 5.10 Å². The van der Waals surface area contributed by atoms with Gasteiger partial charge in [0.05, 0.1) is 41.1 Å². The van der Waals surface area contributed by atoms with E-state index in [-0.39, 0.29) is 24.0 Å². The fourth-order valence-corrected chi connectivity index (χ4v) is 3.00. The van der Waals surface area contributed by atoms with Crippen molar-refractivity contribution < 1.29 is 9.53 Å². The van der Waals surface area contributed by atoms with Crippen molar-refractivity contribution in [2.75, 3.05) is 13.1 Å². The summed E-state index contributed by atoms with van der Waals surface area (Å²) in [5.74, 6) is 0.0252. The predicted molar refractivity (Wildman–Crippen MR) is 82.5 cm³/mol. The van der Waals surface area contributed by atoms with Crippen molar-refractivity contribution in [1.29, 1.82) is 0 Å². The van der Waals surface area contributed by atoms with Gasteiger partial charge in [0.25, 0.3) is 0 Å². The lowest BCUT2D eigenvalue weighted by Gasteiger charge is -2.36. The molecule has 6 heteroatoms. The van der Waals surface area contributed by atoms with Crippen LogP contribution in [-0.4, -0.2) is 45.9 Å². The zero-order valence-electron chi connectivity index (χ0n) is 13.4. The normalized spacial score (nSPS) is 24.2. The van der Waals surface area contributed by atoms with Gasteiger partial charge in [-0.2, -0.15) is 5.10 Å². The summed E-state index contributed by atoms with van der Waals surface area (Å²) in [4.78, 5) is 14.5. The van der Waals surface area contributed by atoms with Gasteiger partial charge in [-0.15, -0.1) is 0 Å². The number of aromatic nitrogens is 2. The van der Waals surface area contributed by atoms with Gasteiger partial charge in [-0.25, -0.2) is 0 Å². The molecule has 0 bridgehead atoms. The molecule has 0 unspecified atom stereocenters. The molecular formula is C15H24ClN3O2. The number of carbonyl (C=O) groups excluding carboxylic acids is 1. The third-order valence-electron chi connectivity index (χ3n) is 3.89. The Kier molecular flexibility index (Phi) is 4.94. The number of ether oxygens (including phenoxy) is 1. The van der Waals surface area contributed by atoms with Gasteiger partial charge in [0.15, 0.2) is 0 Å². The molecule has 21 heavy (non-hydrogen) atoms. The fourth-order valence-electron chi connectivity index (χ4n) is 2.86. The zero-order chi connectivity index (χ0) is 15.7. The second-order valence-corrected chi connectivity index (χ2v) is 6.45. The Balaban J connectivity index is 2.04. The molecule has 1 saturated heterocycles. The molecule has 3 atom stereocenters. The highest BCUT2D eigenvalue weighted by atomic mass is 35.5. The average Bonchev–Trinajstić information content (AvgIpc) is 2.64. The first-order valence-corrected chi connectivity index (χ1v) is 7.81. The van der Waals surface area contributed by atoms with Crippen molar-refractivity contribution in [3.63, 3.8) is 0 Å². The maximum atomic E-state index is 12.6. The van der Waals surface area contributed by atoms with Gasteiger partial charge >= 0.3 is 0 Å². The van der Waals surface area contributed by atoms with Gasteiger partial charge in [-0.3, -0.25) is 9.48 Å². The second kappa shape index (κ2) is 6.36. The average molecular weight is 314 g/mol. The van der Waals surface area contributed by atoms with E-state index in [0.717, 1.165) is 11.4 Å². The Morgan fingerprint density at radius 2 is 1.95 bits per heavy atom. The van der Waals surface area contributed by atoms with Crippen LogP contribution in [0, 0.1) is 19.8 Å². The smallest absolute Gasteiger partial charge is 0.227 e. The number of amides is 1. The number of morpholine rings is 1. The van der Waals surface area contributed by atoms with Crippen LogP contribution in [0.4, 0.5) is 0 Å². The molecule has 0 aromatic carbocycles. The van der Waals surface area contributed by atoms with E-state index in [4.69, 9.17) is 16.3 Å². The quantitative estimate of drug-likeness (QED) is 0.861. The number of aryl methyl sites for hydroxylation is 1. The van der Waals surface area contributed by atoms with Gasteiger partial charge in [0.1, 0.15) is 0 Å². The lowest BCUT2D eigenvalue weighted by Crippen LogP contribution is -2.50. The summed E-state index contributed by atoms with van der Waals surface area (Å²) >= 11 is 6.15. The molecule has 1 amide bonds. The van der Waals surface area contributed by atoms with Crippen LogP contribution in [0.2, 0.25) is 5.02 Å². The first-order chi connectivity index (χ1) is 9.79. The minimum absolute atomic E-state index is 0.0908. The third kappa shape index (κ3) is 3.58. The molecule has 1 aromatic rings. The molecule has 2 rings (SSSR count). The lowest BCUT2D eigenvalue weighted by molar-refractivity contribution is -0.147. The van der Waals surface area contributed by atoms with E-state index in [1.807, 2.05) is 44.2 Å². The molecule has 0 N–H and O–H groups in total. The Bertz CT molecular complexity index is 519. The Hall–Kier alpha value is -1.07. The van der Waals surface area contributed by atoms with Gasteiger partial charge < -0.3 is 9.64 Å². The molecule has 1 aliphatic heterocycles. The van der Waals surface area contributed by atoms with Gasteiger partial charge in [-0.05, 0) is 27.7 Å². The van der Waals surface area contributed by atoms with Crippen LogP contribution in [0.3, 0.4) is 0 Å². The molecule has 1 aliphatic rings. The van der Waals surface area contributed by atoms with Crippen LogP contribution in [0.25, 0.3) is 0 Å². The standard InChI is InChI=1S/C15H24ClN3O2/c1-9(6-19-13(5)14(16)12(4)17-19)15(20)18-7-10(2)21-11(3)8-18/h9-11H,6-8H2,1-5H3/t9-,10-,11-/m0/s1. The number of rotatable bonds is 3. The van der Waals surface area contributed by atoms with Gasteiger partial charge in [0.2, 0.25) is 5.91 Å². The largest absolute Gasteiger partial charge is 0.372 e. The summed E-state index contributed by atoms with van der Waals surface area (Å²) in [5, 5.41) is 5.08. The van der Waals surface area contributed by atoms with Crippen LogP contribution < -0.4 is 0 Å². The highest BCUT2D eigenvalue weighted by molar-refractivity contribution is 6.31. The Labute approximate surface area is 131 Å². The first kappa shape index (κ1) is 16.3. The number of nitrogens with zero attached hydrogens (tertiary/aromatic N) is 3. The van der Waals surface area contributed by atoms with E-state index in [9.17, 15) is 4.79 Å². The van der Waals surface area contributed by atoms with E-state index < -0.39 is 0 Å². The minimum Gasteiger partial charge on any atom is -0.372 e. The Morgan fingerprint density at radius 3 is 2.43 bits per heavy atom. The van der Waals surface area contributed by atoms with Crippen molar-refractivity contribution in [1.82, 2.24) is 14.7 Å². The topological polar surface area (TPSA) is 47.4 Å². The lowest BCUT2D eigenvalue weighted by atomic mass is 10.1. The van der Waals surface area contributed by atoms with Crippen LogP contribution in [-0.2, 0) is 16.1 Å². The molecular weight excluding hydrogens is 290 g/mol. The maximum absolute atomic E-state index is 12.6. The zero-order valence-corrected chi connectivity index (χ0v) is 14.1. The molecule has 1 fully saturated rings. The van der Waals surface area contributed by atoms with Crippen LogP contribution in [0.5, 0.6) is 0 Å². The van der Waals surface area contributed by atoms with Gasteiger partial charge in [0, 0.05) is 13.1 Å². The predicted octanol–water partition coefficient (Wildman–Crippen LogP) is 2.43. The molecule has 0 aliphatic carbocycles. The van der Waals surface area contributed by atoms with E-state index in [1.165, 1.54) is 0 Å². The molecule has 2 heterocycles. The SMILES string of the molecule is Cc1nn(C[C@H](C)C(=O)N2C[C@H](C)O[C@@H](C)C2)c(C)c1Cl. The highest BCUT2D eigenvalue weighted by Gasteiger charge is 2.29. The van der Waals surface area contributed by atoms with Crippen molar-refractivity contribution in [3.05, 3.63) is 16.4 Å². The number of carbonyl (C=O) groups is 1. The number of hydrogen-bond donors (Lipinski definition) is 0. The monoisotopic (exact) mass is 313 g/mol. The summed E-state index contributed by atoms with van der Waals surface area (Å²) < 4.78 is 7.50. The van der Waals surface area contributed by atoms with E-state index in [1.54, 1.807) is 0 Å². The van der Waals surface area contributed by atoms with Crippen molar-refractivity contribution >= 4 is 17.5 Å². The van der Waals surface area contributed by atoms with E-state index in [0.29, 0.717) is 24.7 Å². The summed E-state index contributed by atoms with van der Waals surface area (Å²) in [6.07, 6.45) is 0.182. The highest BCUT2D eigenvalue weighted by Crippen LogP contribution is 2.21. The number of hydrogen-bond acceptors (Lipinski definition) is 3. The second-order valence-electron chi connectivity index (χ2n) is 6.07. The number of halogens is 1. The molecule has 0 saturated carbocycles. The molecule has 5 nitrogen and oxygen atoms in total. The van der Waals surface area contributed by atoms with Crippen molar-refractivity contribution in [3.8, 4) is 0 Å². The molecule has 1 aromatic heterocycles. The van der Waals surface area contributed by atoms with Gasteiger partial charge in [-0.1, -0.05) is 18.5 Å². The summed E-state index contributed by atoms with van der Waals surface area (Å²) in [6.45, 7) is 11.6. The summed E-state index contributed by atoms with van der Waals surface area (Å²) in [5.41, 5.74) is 1.72. The third-order valence-corrected chi connectivity index (χ3v) is 4.44. The maximum Gasteiger partial charge on any atom is 0.227 e. The fraction of sp³-hybridized carbons (Fsp3) is 0.733. The van der Waals surface area contributed by atoms with Crippen LogP contribution in [0.15, 0.2) is 0 Å². The van der Waals surface area contributed by atoms with Crippen molar-refractivity contribution in [2.45, 2.75) is 53.4 Å². The van der Waals surface area contributed by atoms with E-state index >= 15 is 0 Å². The summed E-state index contributed by atoms with van der Waals surface area (Å²) in [6, 6.07) is 0.